The van der Waals surface area contributed by atoms with Gasteiger partial charge in [-0.1, -0.05) is 151 Å². The standard InChI is InChI=1S/C43H52O3Si2/c1-42(2,3)47(7,8)45-29-31-21-25-35(26-22-31)39-37(33-17-13-11-14-18-33)38(34-19-15-12-16-20-34)40(41(39)44)36-27-23-32(24-28-36)30-46-48(9,10)43(4,5)6/h11-28H,29-30H2,1-10H3. The summed E-state index contributed by atoms with van der Waals surface area (Å²) in [4.78, 5) is 14.8. The highest BCUT2D eigenvalue weighted by molar-refractivity contribution is 6.74. The second-order valence-corrected chi connectivity index (χ2v) is 25.7. The Morgan fingerprint density at radius 2 is 0.729 bits per heavy atom. The van der Waals surface area contributed by atoms with Crippen LogP contribution < -0.4 is 0 Å². The fraction of sp³-hybridized carbons (Fsp3) is 0.326. The monoisotopic (exact) mass is 672 g/mol. The lowest BCUT2D eigenvalue weighted by atomic mass is 9.89. The van der Waals surface area contributed by atoms with Crippen LogP contribution in [0.4, 0.5) is 0 Å². The van der Waals surface area contributed by atoms with Gasteiger partial charge in [-0.05, 0) is 69.6 Å². The molecule has 0 saturated carbocycles. The lowest BCUT2D eigenvalue weighted by Crippen LogP contribution is -2.40. The van der Waals surface area contributed by atoms with Gasteiger partial charge in [-0.2, -0.15) is 0 Å². The minimum Gasteiger partial charge on any atom is -0.413 e. The third kappa shape index (κ3) is 7.50. The van der Waals surface area contributed by atoms with Crippen LogP contribution in [0.2, 0.25) is 36.3 Å². The minimum atomic E-state index is -1.89. The Morgan fingerprint density at radius 1 is 0.438 bits per heavy atom. The third-order valence-corrected chi connectivity index (χ3v) is 19.6. The van der Waals surface area contributed by atoms with E-state index < -0.39 is 16.6 Å². The topological polar surface area (TPSA) is 35.5 Å². The molecule has 1 aliphatic rings. The van der Waals surface area contributed by atoms with Crippen molar-refractivity contribution < 1.29 is 13.6 Å². The van der Waals surface area contributed by atoms with Crippen molar-refractivity contribution in [1.82, 2.24) is 0 Å². The van der Waals surface area contributed by atoms with Crippen molar-refractivity contribution >= 4 is 44.7 Å². The molecule has 0 heterocycles. The van der Waals surface area contributed by atoms with Gasteiger partial charge in [-0.15, -0.1) is 0 Å². The van der Waals surface area contributed by atoms with Gasteiger partial charge >= 0.3 is 0 Å². The van der Waals surface area contributed by atoms with Gasteiger partial charge < -0.3 is 8.85 Å². The maximum absolute atomic E-state index is 14.8. The zero-order valence-corrected chi connectivity index (χ0v) is 32.5. The predicted octanol–water partition coefficient (Wildman–Crippen LogP) is 11.8. The number of hydrogen-bond donors (Lipinski definition) is 0. The molecule has 48 heavy (non-hydrogen) atoms. The Labute approximate surface area is 291 Å². The average Bonchev–Trinajstić information content (AvgIpc) is 3.35. The van der Waals surface area contributed by atoms with Gasteiger partial charge in [0.15, 0.2) is 22.4 Å². The summed E-state index contributed by atoms with van der Waals surface area (Å²) in [6, 6.07) is 37.5. The molecule has 0 spiro atoms. The van der Waals surface area contributed by atoms with Crippen LogP contribution in [0.5, 0.6) is 0 Å². The van der Waals surface area contributed by atoms with Crippen molar-refractivity contribution in [1.29, 1.82) is 0 Å². The van der Waals surface area contributed by atoms with Gasteiger partial charge in [0.25, 0.3) is 0 Å². The molecule has 0 atom stereocenters. The Hall–Kier alpha value is -3.62. The molecule has 1 aliphatic carbocycles. The average molecular weight is 673 g/mol. The van der Waals surface area contributed by atoms with Crippen molar-refractivity contribution in [3.05, 3.63) is 143 Å². The number of rotatable bonds is 10. The first-order valence-corrected chi connectivity index (χ1v) is 22.9. The number of benzene rings is 4. The van der Waals surface area contributed by atoms with Crippen LogP contribution >= 0.6 is 0 Å². The second-order valence-electron chi connectivity index (χ2n) is 16.1. The Morgan fingerprint density at radius 3 is 1.02 bits per heavy atom. The Bertz CT molecular complexity index is 1670. The van der Waals surface area contributed by atoms with E-state index in [0.29, 0.717) is 13.2 Å². The van der Waals surface area contributed by atoms with E-state index in [0.717, 1.165) is 55.7 Å². The van der Waals surface area contributed by atoms with Gasteiger partial charge in [0, 0.05) is 22.3 Å². The Kier molecular flexibility index (Phi) is 10.2. The number of allylic oxidation sites excluding steroid dienone is 4. The number of Topliss-reactive ketones (excluding diaryl/α,β-unsaturated/α-hetero) is 1. The minimum absolute atomic E-state index is 0.0447. The molecule has 0 N–H and O–H groups in total. The second kappa shape index (κ2) is 13.7. The van der Waals surface area contributed by atoms with Gasteiger partial charge in [-0.25, -0.2) is 0 Å². The molecule has 4 aromatic rings. The van der Waals surface area contributed by atoms with Gasteiger partial charge in [0.2, 0.25) is 0 Å². The Balaban J connectivity index is 1.57. The number of carbonyl (C=O) groups excluding carboxylic acids is 1. The van der Waals surface area contributed by atoms with Crippen LogP contribution in [0, 0.1) is 0 Å². The molecule has 3 nitrogen and oxygen atoms in total. The van der Waals surface area contributed by atoms with E-state index in [9.17, 15) is 4.79 Å². The highest BCUT2D eigenvalue weighted by atomic mass is 28.4. The summed E-state index contributed by atoms with van der Waals surface area (Å²) in [5.74, 6) is 0.0447. The van der Waals surface area contributed by atoms with Crippen molar-refractivity contribution in [2.45, 2.75) is 91.0 Å². The van der Waals surface area contributed by atoms with Crippen LogP contribution in [0.1, 0.15) is 74.9 Å². The number of ketones is 1. The van der Waals surface area contributed by atoms with Gasteiger partial charge in [0.05, 0.1) is 13.2 Å². The molecule has 0 amide bonds. The van der Waals surface area contributed by atoms with E-state index >= 15 is 0 Å². The molecule has 0 unspecified atom stereocenters. The summed E-state index contributed by atoms with van der Waals surface area (Å²) in [6.07, 6.45) is 0. The zero-order valence-electron chi connectivity index (χ0n) is 30.5. The molecule has 0 radical (unpaired) electrons. The van der Waals surface area contributed by atoms with Crippen LogP contribution in [0.25, 0.3) is 22.3 Å². The van der Waals surface area contributed by atoms with Crippen molar-refractivity contribution in [3.8, 4) is 0 Å². The molecule has 250 valence electrons. The molecule has 5 heteroatoms. The molecule has 0 saturated heterocycles. The van der Waals surface area contributed by atoms with Crippen molar-refractivity contribution in [3.63, 3.8) is 0 Å². The lowest BCUT2D eigenvalue weighted by Gasteiger charge is -2.36. The van der Waals surface area contributed by atoms with Crippen LogP contribution in [-0.2, 0) is 26.9 Å². The number of hydrogen-bond acceptors (Lipinski definition) is 3. The summed E-state index contributed by atoms with van der Waals surface area (Å²) < 4.78 is 13.0. The summed E-state index contributed by atoms with van der Waals surface area (Å²) in [5, 5.41) is 0.287. The molecule has 4 aromatic carbocycles. The summed E-state index contributed by atoms with van der Waals surface area (Å²) in [5.41, 5.74) is 9.52. The van der Waals surface area contributed by atoms with E-state index in [1.54, 1.807) is 0 Å². The van der Waals surface area contributed by atoms with Crippen molar-refractivity contribution in [2.24, 2.45) is 0 Å². The van der Waals surface area contributed by atoms with E-state index in [2.05, 4.69) is 141 Å². The quantitative estimate of drug-likeness (QED) is 0.157. The maximum Gasteiger partial charge on any atom is 0.195 e. The van der Waals surface area contributed by atoms with Crippen LogP contribution in [0.3, 0.4) is 0 Å². The van der Waals surface area contributed by atoms with Gasteiger partial charge in [0.1, 0.15) is 0 Å². The summed E-state index contributed by atoms with van der Waals surface area (Å²) in [7, 11) is -3.78. The molecular weight excluding hydrogens is 621 g/mol. The predicted molar refractivity (Wildman–Crippen MR) is 208 cm³/mol. The van der Waals surface area contributed by atoms with Crippen LogP contribution in [0.15, 0.2) is 109 Å². The highest BCUT2D eigenvalue weighted by Crippen LogP contribution is 2.50. The highest BCUT2D eigenvalue weighted by Gasteiger charge is 2.39. The molecule has 5 rings (SSSR count). The van der Waals surface area contributed by atoms with E-state index in [1.807, 2.05) is 36.4 Å². The molecular formula is C43H52O3Si2. The first-order valence-electron chi connectivity index (χ1n) is 17.1. The smallest absolute Gasteiger partial charge is 0.195 e. The van der Waals surface area contributed by atoms with Crippen molar-refractivity contribution in [2.75, 3.05) is 0 Å². The molecule has 0 fully saturated rings. The van der Waals surface area contributed by atoms with Gasteiger partial charge in [-0.3, -0.25) is 4.79 Å². The first kappa shape index (κ1) is 35.7. The maximum atomic E-state index is 14.8. The number of carbonyl (C=O) groups is 1. The van der Waals surface area contributed by atoms with E-state index in [-0.39, 0.29) is 15.9 Å². The van der Waals surface area contributed by atoms with E-state index in [4.69, 9.17) is 8.85 Å². The molecule has 0 aliphatic heterocycles. The van der Waals surface area contributed by atoms with E-state index in [1.165, 1.54) is 0 Å². The SMILES string of the molecule is CC(C)(C)[Si](C)(C)OCc1ccc(C2=C(c3ccccc3)C(c3ccccc3)=C(c3ccc(CO[Si](C)(C)C(C)(C)C)cc3)C2=O)cc1. The zero-order chi connectivity index (χ0) is 34.9. The fourth-order valence-electron chi connectivity index (χ4n) is 5.44. The molecule has 0 bridgehead atoms. The summed E-state index contributed by atoms with van der Waals surface area (Å²) >= 11 is 0. The van der Waals surface area contributed by atoms with Crippen LogP contribution in [-0.4, -0.2) is 22.4 Å². The third-order valence-electron chi connectivity index (χ3n) is 10.6. The largest absolute Gasteiger partial charge is 0.413 e. The molecule has 0 aromatic heterocycles. The lowest BCUT2D eigenvalue weighted by molar-refractivity contribution is -0.108. The normalized spacial score (nSPS) is 14.7. The summed E-state index contributed by atoms with van der Waals surface area (Å²) in [6.45, 7) is 23.8. The fourth-order valence-corrected chi connectivity index (χ4v) is 7.36. The first-order chi connectivity index (χ1) is 22.5.